The molecule has 5 N–H and O–H groups in total. The molecule has 128 valence electrons. The van der Waals surface area contributed by atoms with Crippen LogP contribution in [0.15, 0.2) is 52.3 Å². The first-order valence-electron chi connectivity index (χ1n) is 8.45. The molecule has 0 saturated carbocycles. The molecule has 3 rings (SSSR count). The van der Waals surface area contributed by atoms with E-state index in [1.54, 1.807) is 11.8 Å². The molecule has 0 aliphatic carbocycles. The Labute approximate surface area is 148 Å². The Balaban J connectivity index is 1.59. The maximum Gasteiger partial charge on any atom is 0.119 e. The van der Waals surface area contributed by atoms with Gasteiger partial charge >= 0.3 is 0 Å². The molecule has 1 fully saturated rings. The number of nitrogens with two attached hydrogens (primary N) is 2. The largest absolute Gasteiger partial charge is 0.489 e. The van der Waals surface area contributed by atoms with E-state index >= 15 is 0 Å². The molecule has 2 aromatic carbocycles. The van der Waals surface area contributed by atoms with Crippen molar-refractivity contribution in [1.82, 2.24) is 5.32 Å². The Kier molecular flexibility index (Phi) is 5.53. The molecular formula is C19H25N3OS. The Bertz CT molecular complexity index is 669. The van der Waals surface area contributed by atoms with Crippen molar-refractivity contribution in [3.05, 3.63) is 42.5 Å². The van der Waals surface area contributed by atoms with Gasteiger partial charge in [0.1, 0.15) is 11.9 Å². The van der Waals surface area contributed by atoms with Gasteiger partial charge in [0.25, 0.3) is 0 Å². The third kappa shape index (κ3) is 4.36. The van der Waals surface area contributed by atoms with Crippen LogP contribution in [0, 0.1) is 0 Å². The SMILES string of the molecule is CC(Oc1ccc(Sc2ccc(N)c(N)c2)cc1)C1CCCCN1. The zero-order valence-corrected chi connectivity index (χ0v) is 14.8. The van der Waals surface area contributed by atoms with Crippen LogP contribution in [-0.4, -0.2) is 18.7 Å². The average molecular weight is 343 g/mol. The van der Waals surface area contributed by atoms with E-state index in [0.29, 0.717) is 17.4 Å². The summed E-state index contributed by atoms with van der Waals surface area (Å²) in [6.45, 7) is 3.24. The first-order chi connectivity index (χ1) is 11.6. The van der Waals surface area contributed by atoms with Crippen molar-refractivity contribution in [3.8, 4) is 5.75 Å². The van der Waals surface area contributed by atoms with E-state index in [1.807, 2.05) is 30.3 Å². The van der Waals surface area contributed by atoms with Crippen molar-refractivity contribution in [2.24, 2.45) is 0 Å². The fourth-order valence-electron chi connectivity index (χ4n) is 2.91. The molecule has 0 spiro atoms. The van der Waals surface area contributed by atoms with Crippen molar-refractivity contribution in [1.29, 1.82) is 0 Å². The van der Waals surface area contributed by atoms with E-state index in [-0.39, 0.29) is 6.10 Å². The summed E-state index contributed by atoms with van der Waals surface area (Å²) < 4.78 is 6.09. The van der Waals surface area contributed by atoms with Gasteiger partial charge < -0.3 is 21.5 Å². The first kappa shape index (κ1) is 17.0. The van der Waals surface area contributed by atoms with Crippen molar-refractivity contribution >= 4 is 23.1 Å². The summed E-state index contributed by atoms with van der Waals surface area (Å²) in [5.41, 5.74) is 12.9. The van der Waals surface area contributed by atoms with Gasteiger partial charge in [0.2, 0.25) is 0 Å². The van der Waals surface area contributed by atoms with Crippen LogP contribution >= 0.6 is 11.8 Å². The van der Waals surface area contributed by atoms with Crippen LogP contribution in [-0.2, 0) is 0 Å². The predicted octanol–water partition coefficient (Wildman–Crippen LogP) is 3.91. The molecule has 0 amide bonds. The number of anilines is 2. The predicted molar refractivity (Wildman–Crippen MR) is 102 cm³/mol. The highest BCUT2D eigenvalue weighted by Crippen LogP contribution is 2.32. The van der Waals surface area contributed by atoms with E-state index in [0.717, 1.165) is 22.1 Å². The average Bonchev–Trinajstić information content (AvgIpc) is 2.61. The first-order valence-corrected chi connectivity index (χ1v) is 9.26. The highest BCUT2D eigenvalue weighted by atomic mass is 32.2. The highest BCUT2D eigenvalue weighted by molar-refractivity contribution is 7.99. The van der Waals surface area contributed by atoms with Crippen molar-refractivity contribution in [3.63, 3.8) is 0 Å². The highest BCUT2D eigenvalue weighted by Gasteiger charge is 2.20. The van der Waals surface area contributed by atoms with Crippen LogP contribution in [0.4, 0.5) is 11.4 Å². The van der Waals surface area contributed by atoms with Gasteiger partial charge in [-0.2, -0.15) is 0 Å². The fourth-order valence-corrected chi connectivity index (χ4v) is 3.78. The van der Waals surface area contributed by atoms with Gasteiger partial charge in [0, 0.05) is 15.8 Å². The standard InChI is InChI=1S/C19H25N3OS/c1-13(19-4-2-3-11-22-19)23-14-5-7-15(8-6-14)24-16-9-10-17(20)18(21)12-16/h5-10,12-13,19,22H,2-4,11,20-21H2,1H3. The lowest BCUT2D eigenvalue weighted by molar-refractivity contribution is 0.152. The van der Waals surface area contributed by atoms with E-state index in [4.69, 9.17) is 16.2 Å². The Morgan fingerprint density at radius 3 is 2.46 bits per heavy atom. The van der Waals surface area contributed by atoms with E-state index < -0.39 is 0 Å². The van der Waals surface area contributed by atoms with Gasteiger partial charge in [-0.05, 0) is 68.8 Å². The van der Waals surface area contributed by atoms with Crippen molar-refractivity contribution < 1.29 is 4.74 Å². The van der Waals surface area contributed by atoms with Gasteiger partial charge in [0.15, 0.2) is 0 Å². The normalized spacial score (nSPS) is 19.0. The van der Waals surface area contributed by atoms with Gasteiger partial charge in [-0.15, -0.1) is 0 Å². The molecule has 4 nitrogen and oxygen atoms in total. The number of rotatable bonds is 5. The monoisotopic (exact) mass is 343 g/mol. The summed E-state index contributed by atoms with van der Waals surface area (Å²) in [7, 11) is 0. The third-order valence-electron chi connectivity index (χ3n) is 4.35. The quantitative estimate of drug-likeness (QED) is 0.718. The molecule has 1 aliphatic rings. The Morgan fingerprint density at radius 1 is 1.04 bits per heavy atom. The molecule has 1 aliphatic heterocycles. The van der Waals surface area contributed by atoms with Crippen LogP contribution in [0.3, 0.4) is 0 Å². The van der Waals surface area contributed by atoms with Gasteiger partial charge in [-0.1, -0.05) is 18.2 Å². The minimum absolute atomic E-state index is 0.181. The lowest BCUT2D eigenvalue weighted by Gasteiger charge is -2.29. The minimum atomic E-state index is 0.181. The van der Waals surface area contributed by atoms with Gasteiger partial charge in [-0.25, -0.2) is 0 Å². The molecule has 1 saturated heterocycles. The van der Waals surface area contributed by atoms with Crippen LogP contribution in [0.2, 0.25) is 0 Å². The van der Waals surface area contributed by atoms with E-state index in [1.165, 1.54) is 19.3 Å². The number of nitrogens with one attached hydrogen (secondary N) is 1. The van der Waals surface area contributed by atoms with Crippen LogP contribution < -0.4 is 21.5 Å². The number of ether oxygens (including phenoxy) is 1. The Morgan fingerprint density at radius 2 is 1.79 bits per heavy atom. The number of nitrogen functional groups attached to an aromatic ring is 2. The smallest absolute Gasteiger partial charge is 0.119 e. The van der Waals surface area contributed by atoms with Crippen LogP contribution in [0.5, 0.6) is 5.75 Å². The summed E-state index contributed by atoms with van der Waals surface area (Å²) in [5, 5.41) is 3.54. The maximum absolute atomic E-state index is 6.09. The summed E-state index contributed by atoms with van der Waals surface area (Å²) in [6.07, 6.45) is 3.92. The molecule has 5 heteroatoms. The molecule has 2 unspecified atom stereocenters. The zero-order chi connectivity index (χ0) is 16.9. The van der Waals surface area contributed by atoms with Crippen LogP contribution in [0.1, 0.15) is 26.2 Å². The Hall–Kier alpha value is -1.85. The molecule has 1 heterocycles. The third-order valence-corrected chi connectivity index (χ3v) is 5.35. The number of hydrogen-bond donors (Lipinski definition) is 3. The zero-order valence-electron chi connectivity index (χ0n) is 14.0. The summed E-state index contributed by atoms with van der Waals surface area (Å²) in [4.78, 5) is 2.23. The lowest BCUT2D eigenvalue weighted by Crippen LogP contribution is -2.44. The van der Waals surface area contributed by atoms with E-state index in [9.17, 15) is 0 Å². The molecule has 0 aromatic heterocycles. The fraction of sp³-hybridized carbons (Fsp3) is 0.368. The molecule has 0 radical (unpaired) electrons. The topological polar surface area (TPSA) is 73.3 Å². The van der Waals surface area contributed by atoms with Crippen LogP contribution in [0.25, 0.3) is 0 Å². The van der Waals surface area contributed by atoms with Crippen molar-refractivity contribution in [2.45, 2.75) is 48.1 Å². The second-order valence-corrected chi connectivity index (χ2v) is 7.39. The molecule has 2 atom stereocenters. The summed E-state index contributed by atoms with van der Waals surface area (Å²) in [6, 6.07) is 14.4. The molecule has 24 heavy (non-hydrogen) atoms. The second-order valence-electron chi connectivity index (χ2n) is 6.24. The number of piperidine rings is 1. The van der Waals surface area contributed by atoms with Crippen molar-refractivity contribution in [2.75, 3.05) is 18.0 Å². The van der Waals surface area contributed by atoms with Gasteiger partial charge in [0.05, 0.1) is 11.4 Å². The maximum atomic E-state index is 6.09. The molecule has 0 bridgehead atoms. The number of hydrogen-bond acceptors (Lipinski definition) is 5. The summed E-state index contributed by atoms with van der Waals surface area (Å²) >= 11 is 1.66. The second kappa shape index (κ2) is 7.81. The minimum Gasteiger partial charge on any atom is -0.489 e. The molecular weight excluding hydrogens is 318 g/mol. The van der Waals surface area contributed by atoms with E-state index in [2.05, 4.69) is 24.4 Å². The lowest BCUT2D eigenvalue weighted by atomic mass is 10.0. The number of benzene rings is 2. The summed E-state index contributed by atoms with van der Waals surface area (Å²) in [5.74, 6) is 0.913. The van der Waals surface area contributed by atoms with Gasteiger partial charge in [-0.3, -0.25) is 0 Å². The molecule has 2 aromatic rings.